The van der Waals surface area contributed by atoms with Crippen molar-refractivity contribution in [2.24, 2.45) is 63.9 Å². The van der Waals surface area contributed by atoms with E-state index >= 15 is 0 Å². The first kappa shape index (κ1) is 46.2. The van der Waals surface area contributed by atoms with Crippen molar-refractivity contribution in [2.75, 3.05) is 0 Å². The first-order valence-corrected chi connectivity index (χ1v) is 23.7. The second-order valence-electron chi connectivity index (χ2n) is 19.2. The third-order valence-corrected chi connectivity index (χ3v) is 16.3. The monoisotopic (exact) mass is 829 g/mol. The lowest BCUT2D eigenvalue weighted by Crippen LogP contribution is -2.59. The lowest BCUT2D eigenvalue weighted by molar-refractivity contribution is -0.361. The first-order chi connectivity index (χ1) is 27.6. The summed E-state index contributed by atoms with van der Waals surface area (Å²) in [7, 11) is 0.256. The predicted molar refractivity (Wildman–Crippen MR) is 226 cm³/mol. The number of ether oxygens (including phenoxy) is 9. The molecule has 0 saturated carbocycles. The fraction of sp³-hybridized carbons (Fsp3) is 1.00. The van der Waals surface area contributed by atoms with Gasteiger partial charge in [-0.25, -0.2) is 0 Å². The highest BCUT2D eigenvalue weighted by atomic mass is 31.0. The minimum Gasteiger partial charge on any atom is -0.372 e. The molecule has 0 aromatic rings. The number of rotatable bonds is 14. The largest absolute Gasteiger partial charge is 0.372 e. The normalized spacial score (nSPS) is 52.8. The molecule has 11 heteroatoms. The van der Waals surface area contributed by atoms with Gasteiger partial charge in [-0.3, -0.25) is 4.74 Å². The third-order valence-electron chi connectivity index (χ3n) is 16.1. The van der Waals surface area contributed by atoms with E-state index in [9.17, 15) is 0 Å². The zero-order valence-electron chi connectivity index (χ0n) is 39.5. The van der Waals surface area contributed by atoms with Gasteiger partial charge in [0.2, 0.25) is 0 Å². The van der Waals surface area contributed by atoms with Crippen molar-refractivity contribution in [2.45, 2.75) is 235 Å². The molecule has 10 nitrogen and oxygen atoms in total. The molecule has 57 heavy (non-hydrogen) atoms. The van der Waals surface area contributed by atoms with Crippen LogP contribution < -0.4 is 0 Å². The summed E-state index contributed by atoms with van der Waals surface area (Å²) in [5.41, 5.74) is 0. The van der Waals surface area contributed by atoms with Gasteiger partial charge in [0, 0.05) is 17.8 Å². The molecular weight excluding hydrogens is 741 g/mol. The van der Waals surface area contributed by atoms with Crippen LogP contribution in [0.5, 0.6) is 0 Å². The standard InChI is InChI=1S/C46H84NO9P/c1-17-33-23(7)24(8)38(47-57)46(49-33)56-42-28(12)31(15)45(52-37(42)21-5)55-41-27(11)30(14)44(51-36(41)20-4)54-40-26(10)29(13)43(50-35(40)19-3)53-39-25(9)22(6)32(16)48-34(39)18-2/h22-46,57H,17-21H2,1-16H3/t22?,23-,24-,25+,26+,27+,28+,29?,30?,31?,32-,33?,34?,35?,36?,37?,38?,39-,40-,41-,42-,43-,44-,45-,46-/m0/s1. The number of hydrogen-bond acceptors (Lipinski definition) is 10. The van der Waals surface area contributed by atoms with Crippen LogP contribution in [0.2, 0.25) is 0 Å². The molecule has 0 spiro atoms. The van der Waals surface area contributed by atoms with Crippen molar-refractivity contribution < 1.29 is 42.6 Å². The minimum atomic E-state index is -0.500. The smallest absolute Gasteiger partial charge is 0.181 e. The van der Waals surface area contributed by atoms with E-state index < -0.39 is 12.6 Å². The van der Waals surface area contributed by atoms with Crippen molar-refractivity contribution in [1.29, 1.82) is 1.28 Å². The molecule has 0 aromatic carbocycles. The summed E-state index contributed by atoms with van der Waals surface area (Å²) < 4.78 is 74.0. The van der Waals surface area contributed by atoms with Crippen LogP contribution in [-0.4, -0.2) is 93.5 Å². The maximum absolute atomic E-state index is 7.86. The van der Waals surface area contributed by atoms with Crippen LogP contribution in [0.25, 0.3) is 0 Å². The van der Waals surface area contributed by atoms with Gasteiger partial charge in [0.15, 0.2) is 25.2 Å². The van der Waals surface area contributed by atoms with E-state index in [4.69, 9.17) is 43.9 Å². The lowest BCUT2D eigenvalue weighted by atomic mass is 9.80. The predicted octanol–water partition coefficient (Wildman–Crippen LogP) is 10.3. The third kappa shape index (κ3) is 9.87. The quantitative estimate of drug-likeness (QED) is 0.159. The Labute approximate surface area is 351 Å². The summed E-state index contributed by atoms with van der Waals surface area (Å²) in [6.07, 6.45) is 2.13. The van der Waals surface area contributed by atoms with Gasteiger partial charge in [-0.05, 0) is 89.4 Å². The maximum atomic E-state index is 7.86. The highest BCUT2D eigenvalue weighted by Crippen LogP contribution is 2.45. The van der Waals surface area contributed by atoms with Crippen LogP contribution in [0.4, 0.5) is 0 Å². The molecule has 10 unspecified atom stereocenters. The van der Waals surface area contributed by atoms with Gasteiger partial charge in [0.25, 0.3) is 0 Å². The zero-order chi connectivity index (χ0) is 42.7. The topological polar surface area (TPSA) is 95.4 Å². The highest BCUT2D eigenvalue weighted by Gasteiger charge is 2.52. The summed E-state index contributed by atoms with van der Waals surface area (Å²) in [5.74, 6) is 2.19. The van der Waals surface area contributed by atoms with E-state index in [2.05, 4.69) is 116 Å². The molecule has 5 rings (SSSR count). The Kier molecular flexibility index (Phi) is 16.8. The molecule has 0 radical (unpaired) electrons. The van der Waals surface area contributed by atoms with Crippen LogP contribution in [0, 0.1) is 59.2 Å². The van der Waals surface area contributed by atoms with Crippen LogP contribution in [0.15, 0.2) is 4.74 Å². The Morgan fingerprint density at radius 3 is 1.05 bits per heavy atom. The maximum Gasteiger partial charge on any atom is 0.181 e. The van der Waals surface area contributed by atoms with Gasteiger partial charge in [-0.15, -0.1) is 0 Å². The van der Waals surface area contributed by atoms with Crippen LogP contribution >= 0.6 is 8.98 Å². The van der Waals surface area contributed by atoms with E-state index in [-0.39, 0.29) is 130 Å². The van der Waals surface area contributed by atoms with Crippen LogP contribution in [0.3, 0.4) is 0 Å². The van der Waals surface area contributed by atoms with Gasteiger partial charge in [0.05, 0.1) is 61.0 Å². The van der Waals surface area contributed by atoms with Gasteiger partial charge >= 0.3 is 0 Å². The van der Waals surface area contributed by atoms with Crippen molar-refractivity contribution in [3.63, 3.8) is 0 Å². The molecule has 0 aliphatic carbocycles. The molecule has 5 aliphatic rings. The van der Waals surface area contributed by atoms with Crippen molar-refractivity contribution in [3.8, 4) is 0 Å². The second kappa shape index (κ2) is 20.7. The first-order valence-electron chi connectivity index (χ1n) is 23.7. The fourth-order valence-electron chi connectivity index (χ4n) is 10.6. The summed E-state index contributed by atoms with van der Waals surface area (Å²) in [6, 6.07) is -0.191. The molecule has 25 atom stereocenters. The molecule has 0 N–H and O–H groups in total. The van der Waals surface area contributed by atoms with Crippen molar-refractivity contribution in [1.82, 2.24) is 0 Å². The average molecular weight is 829 g/mol. The van der Waals surface area contributed by atoms with Gasteiger partial charge in [-0.2, -0.15) is 0 Å². The molecule has 0 amide bonds. The van der Waals surface area contributed by atoms with E-state index in [0.717, 1.165) is 32.1 Å². The minimum absolute atomic E-state index is 0.00480. The van der Waals surface area contributed by atoms with Gasteiger partial charge in [0.1, 0.15) is 7.32 Å². The Bertz CT molecular complexity index is 1280. The van der Waals surface area contributed by atoms with E-state index in [1.807, 2.05) is 0 Å². The van der Waals surface area contributed by atoms with E-state index in [1.165, 1.54) is 0 Å². The Morgan fingerprint density at radius 1 is 0.386 bits per heavy atom. The summed E-state index contributed by atoms with van der Waals surface area (Å²) in [5, 5.41) is 0. The number of hydrogen-bond donors (Lipinski definition) is 0. The molecule has 5 heterocycles. The fourth-order valence-corrected chi connectivity index (χ4v) is 10.9. The van der Waals surface area contributed by atoms with Crippen molar-refractivity contribution in [3.05, 3.63) is 0 Å². The Hall–Kier alpha value is -0.260. The van der Waals surface area contributed by atoms with E-state index in [0.29, 0.717) is 17.8 Å². The summed E-state index contributed by atoms with van der Waals surface area (Å²) in [4.78, 5) is 0. The SMILES string of the molecule is [4H]/P=N\C1[C@H](O[C@@H]2C(CC)O[C@@H](O[C@@H]3C(CC)O[C@@H](O[C@@H]4C(CC)O[C@@H](O[C@@H]5C(CC)O[C@@H](C)C(C)[C@H]5C)C(C)[C@H]4C)C(C)[C@H]3C)C(C)[C@H]2C)OC(CC)[C@@H](C)[C@@H]1C. The van der Waals surface area contributed by atoms with Crippen molar-refractivity contribution >= 4 is 8.98 Å². The number of nitrogens with zero attached hydrogens (tertiary/aromatic N) is 1. The average Bonchev–Trinajstić information content (AvgIpc) is 3.21. The van der Waals surface area contributed by atoms with Crippen LogP contribution in [-0.2, 0) is 42.6 Å². The zero-order valence-corrected chi connectivity index (χ0v) is 39.4. The molecule has 0 bridgehead atoms. The van der Waals surface area contributed by atoms with Crippen LogP contribution in [0.1, 0.15) is 143 Å². The van der Waals surface area contributed by atoms with Gasteiger partial charge < -0.3 is 42.6 Å². The summed E-state index contributed by atoms with van der Waals surface area (Å²) >= 11 is 0. The van der Waals surface area contributed by atoms with E-state index in [1.54, 1.807) is 0 Å². The highest BCUT2D eigenvalue weighted by molar-refractivity contribution is 7.04. The molecule has 332 valence electrons. The van der Waals surface area contributed by atoms with Gasteiger partial charge in [-0.1, -0.05) is 104 Å². The lowest BCUT2D eigenvalue weighted by Gasteiger charge is -2.52. The molecular formula is C46H84NO9P. The Morgan fingerprint density at radius 2 is 0.702 bits per heavy atom. The second-order valence-corrected chi connectivity index (χ2v) is 19.4. The molecule has 5 aliphatic heterocycles. The molecule has 5 saturated heterocycles. The molecule has 5 fully saturated rings. The summed E-state index contributed by atoms with van der Waals surface area (Å²) in [6.45, 7) is 35.6. The molecule has 0 aromatic heterocycles. The Balaban J connectivity index is 1.24.